The zero-order valence-electron chi connectivity index (χ0n) is 9.59. The van der Waals surface area contributed by atoms with Crippen molar-refractivity contribution in [3.63, 3.8) is 0 Å². The molecule has 1 rings (SSSR count). The van der Waals surface area contributed by atoms with Crippen LogP contribution in [0.3, 0.4) is 0 Å². The van der Waals surface area contributed by atoms with Crippen molar-refractivity contribution in [1.82, 2.24) is 0 Å². The average molecular weight is 222 g/mol. The van der Waals surface area contributed by atoms with E-state index in [1.807, 2.05) is 30.3 Å². The summed E-state index contributed by atoms with van der Waals surface area (Å²) in [5, 5.41) is 28.9. The summed E-state index contributed by atoms with van der Waals surface area (Å²) in [5.74, 6) is -0.150. The topological polar surface area (TPSA) is 60.7 Å². The van der Waals surface area contributed by atoms with Crippen LogP contribution in [0.15, 0.2) is 41.7 Å². The molecule has 0 aromatic heterocycles. The van der Waals surface area contributed by atoms with Crippen molar-refractivity contribution in [2.75, 3.05) is 0 Å². The van der Waals surface area contributed by atoms with Gasteiger partial charge in [-0.05, 0) is 25.0 Å². The molecule has 3 nitrogen and oxygen atoms in total. The van der Waals surface area contributed by atoms with Crippen LogP contribution in [-0.4, -0.2) is 27.5 Å². The normalized spacial score (nSPS) is 14.2. The van der Waals surface area contributed by atoms with Crippen LogP contribution in [-0.2, 0) is 6.42 Å². The lowest BCUT2D eigenvalue weighted by molar-refractivity contribution is 0.0177. The van der Waals surface area contributed by atoms with Gasteiger partial charge in [-0.1, -0.05) is 30.3 Å². The van der Waals surface area contributed by atoms with E-state index >= 15 is 0 Å². The number of hydrogen-bond acceptors (Lipinski definition) is 3. The van der Waals surface area contributed by atoms with E-state index in [0.29, 0.717) is 12.0 Å². The monoisotopic (exact) mass is 222 g/mol. The second kappa shape index (κ2) is 5.68. The van der Waals surface area contributed by atoms with Gasteiger partial charge in [-0.25, -0.2) is 0 Å². The van der Waals surface area contributed by atoms with E-state index in [1.165, 1.54) is 0 Å². The Labute approximate surface area is 95.7 Å². The Balaban J connectivity index is 2.66. The van der Waals surface area contributed by atoms with Crippen molar-refractivity contribution >= 4 is 0 Å². The first-order valence-electron chi connectivity index (χ1n) is 5.28. The summed E-state index contributed by atoms with van der Waals surface area (Å²) in [6, 6.07) is 9.37. The fraction of sp³-hybridized carbons (Fsp3) is 0.385. The lowest BCUT2D eigenvalue weighted by Crippen LogP contribution is -2.30. The van der Waals surface area contributed by atoms with Crippen molar-refractivity contribution in [2.45, 2.75) is 32.5 Å². The van der Waals surface area contributed by atoms with E-state index in [4.69, 9.17) is 0 Å². The van der Waals surface area contributed by atoms with Crippen LogP contribution in [0.1, 0.15) is 19.4 Å². The molecule has 0 aliphatic heterocycles. The zero-order chi connectivity index (χ0) is 12.1. The van der Waals surface area contributed by atoms with E-state index in [2.05, 4.69) is 0 Å². The highest BCUT2D eigenvalue weighted by molar-refractivity contribution is 5.17. The Morgan fingerprint density at radius 1 is 1.12 bits per heavy atom. The molecule has 1 aromatic carbocycles. The van der Waals surface area contributed by atoms with Gasteiger partial charge < -0.3 is 15.3 Å². The quantitative estimate of drug-likeness (QED) is 0.681. The molecule has 0 bridgehead atoms. The first kappa shape index (κ1) is 12.7. The molecule has 0 aliphatic rings. The molecule has 0 amide bonds. The van der Waals surface area contributed by atoms with Crippen molar-refractivity contribution in [3.05, 3.63) is 47.2 Å². The number of allylic oxidation sites excluding steroid dienone is 1. The Hall–Kier alpha value is -1.32. The second-order valence-electron chi connectivity index (χ2n) is 4.09. The highest BCUT2D eigenvalue weighted by atomic mass is 16.4. The van der Waals surface area contributed by atoms with Gasteiger partial charge in [0.25, 0.3) is 0 Å². The molecule has 0 fully saturated rings. The van der Waals surface area contributed by atoms with E-state index in [1.54, 1.807) is 13.8 Å². The van der Waals surface area contributed by atoms with E-state index < -0.39 is 12.2 Å². The smallest absolute Gasteiger partial charge is 0.137 e. The highest BCUT2D eigenvalue weighted by Gasteiger charge is 2.21. The molecule has 0 heterocycles. The third-order valence-electron chi connectivity index (χ3n) is 2.44. The molecule has 2 atom stereocenters. The van der Waals surface area contributed by atoms with Crippen LogP contribution in [0.5, 0.6) is 0 Å². The first-order valence-corrected chi connectivity index (χ1v) is 5.28. The fourth-order valence-electron chi connectivity index (χ4n) is 1.45. The molecule has 0 aliphatic carbocycles. The van der Waals surface area contributed by atoms with Crippen LogP contribution in [0.2, 0.25) is 0 Å². The molecule has 88 valence electrons. The molecule has 0 saturated heterocycles. The highest BCUT2D eigenvalue weighted by Crippen LogP contribution is 2.13. The Morgan fingerprint density at radius 2 is 1.69 bits per heavy atom. The predicted octanol–water partition coefficient (Wildman–Crippen LogP) is 1.80. The molecular formula is C13H18O3. The van der Waals surface area contributed by atoms with Gasteiger partial charge in [0.15, 0.2) is 0 Å². The number of aliphatic hydroxyl groups excluding tert-OH is 3. The molecule has 16 heavy (non-hydrogen) atoms. The maximum absolute atomic E-state index is 9.75. The molecular weight excluding hydrogens is 204 g/mol. The zero-order valence-corrected chi connectivity index (χ0v) is 9.59. The first-order chi connectivity index (χ1) is 7.52. The third kappa shape index (κ3) is 3.36. The summed E-state index contributed by atoms with van der Waals surface area (Å²) in [4.78, 5) is 0. The van der Waals surface area contributed by atoms with E-state index in [9.17, 15) is 15.3 Å². The van der Waals surface area contributed by atoms with Gasteiger partial charge in [-0.15, -0.1) is 0 Å². The molecule has 2 unspecified atom stereocenters. The summed E-state index contributed by atoms with van der Waals surface area (Å²) >= 11 is 0. The van der Waals surface area contributed by atoms with Crippen molar-refractivity contribution in [1.29, 1.82) is 0 Å². The number of rotatable bonds is 4. The van der Waals surface area contributed by atoms with Gasteiger partial charge in [0.2, 0.25) is 0 Å². The van der Waals surface area contributed by atoms with Gasteiger partial charge >= 0.3 is 0 Å². The van der Waals surface area contributed by atoms with Gasteiger partial charge in [0.1, 0.15) is 11.9 Å². The van der Waals surface area contributed by atoms with Crippen molar-refractivity contribution in [2.24, 2.45) is 0 Å². The second-order valence-corrected chi connectivity index (χ2v) is 4.09. The lowest BCUT2D eigenvalue weighted by Gasteiger charge is -2.18. The third-order valence-corrected chi connectivity index (χ3v) is 2.44. The average Bonchev–Trinajstić information content (AvgIpc) is 2.28. The summed E-state index contributed by atoms with van der Waals surface area (Å²) in [6.07, 6.45) is -1.89. The molecule has 0 saturated carbocycles. The Kier molecular flexibility index (Phi) is 4.52. The number of aliphatic hydroxyl groups is 3. The summed E-state index contributed by atoms with van der Waals surface area (Å²) in [7, 11) is 0. The van der Waals surface area contributed by atoms with E-state index in [-0.39, 0.29) is 5.76 Å². The minimum Gasteiger partial charge on any atom is -0.510 e. The largest absolute Gasteiger partial charge is 0.510 e. The SMILES string of the molecule is CC(C)=C(O)C(O)C(O)Cc1ccccc1. The van der Waals surface area contributed by atoms with Gasteiger partial charge in [0.05, 0.1) is 6.10 Å². The molecule has 3 heteroatoms. The fourth-order valence-corrected chi connectivity index (χ4v) is 1.45. The van der Waals surface area contributed by atoms with Gasteiger partial charge in [0, 0.05) is 6.42 Å². The summed E-state index contributed by atoms with van der Waals surface area (Å²) in [6.45, 7) is 3.38. The lowest BCUT2D eigenvalue weighted by atomic mass is 10.0. The predicted molar refractivity (Wildman–Crippen MR) is 63.2 cm³/mol. The molecule has 3 N–H and O–H groups in total. The van der Waals surface area contributed by atoms with Crippen LogP contribution in [0, 0.1) is 0 Å². The van der Waals surface area contributed by atoms with Crippen molar-refractivity contribution in [3.8, 4) is 0 Å². The number of benzene rings is 1. The Bertz CT molecular complexity index is 353. The minimum absolute atomic E-state index is 0.150. The molecule has 0 radical (unpaired) electrons. The standard InChI is InChI=1S/C13H18O3/c1-9(2)12(15)13(16)11(14)8-10-6-4-3-5-7-10/h3-7,11,13-16H,8H2,1-2H3. The maximum atomic E-state index is 9.75. The van der Waals surface area contributed by atoms with Crippen LogP contribution < -0.4 is 0 Å². The van der Waals surface area contributed by atoms with E-state index in [0.717, 1.165) is 5.56 Å². The van der Waals surface area contributed by atoms with Gasteiger partial charge in [-0.2, -0.15) is 0 Å². The van der Waals surface area contributed by atoms with Crippen LogP contribution >= 0.6 is 0 Å². The number of hydrogen-bond donors (Lipinski definition) is 3. The summed E-state index contributed by atoms with van der Waals surface area (Å²) < 4.78 is 0. The van der Waals surface area contributed by atoms with Gasteiger partial charge in [-0.3, -0.25) is 0 Å². The Morgan fingerprint density at radius 3 is 2.19 bits per heavy atom. The summed E-state index contributed by atoms with van der Waals surface area (Å²) in [5.41, 5.74) is 1.54. The molecule has 0 spiro atoms. The van der Waals surface area contributed by atoms with Crippen LogP contribution in [0.25, 0.3) is 0 Å². The molecule has 1 aromatic rings. The van der Waals surface area contributed by atoms with Crippen molar-refractivity contribution < 1.29 is 15.3 Å². The minimum atomic E-state index is -1.22. The maximum Gasteiger partial charge on any atom is 0.137 e. The van der Waals surface area contributed by atoms with Crippen LogP contribution in [0.4, 0.5) is 0 Å².